The Hall–Kier alpha value is -0.730. The summed E-state index contributed by atoms with van der Waals surface area (Å²) >= 11 is 0. The van der Waals surface area contributed by atoms with E-state index in [1.807, 2.05) is 0 Å². The summed E-state index contributed by atoms with van der Waals surface area (Å²) in [5, 5.41) is 45.7. The van der Waals surface area contributed by atoms with Gasteiger partial charge in [0.25, 0.3) is 0 Å². The number of rotatable bonds is 1. The lowest BCUT2D eigenvalue weighted by atomic mass is 9.84. The van der Waals surface area contributed by atoms with E-state index in [9.17, 15) is 20.1 Å². The highest BCUT2D eigenvalue weighted by molar-refractivity contribution is 5.79. The number of aliphatic carboxylic acids is 1. The Morgan fingerprint density at radius 2 is 1.79 bits per heavy atom. The van der Waals surface area contributed by atoms with Gasteiger partial charge in [-0.1, -0.05) is 0 Å². The molecule has 7 nitrogen and oxygen atoms in total. The van der Waals surface area contributed by atoms with E-state index in [0.717, 1.165) is 0 Å². The Bertz CT molecular complexity index is 226. The van der Waals surface area contributed by atoms with E-state index in [0.29, 0.717) is 0 Å². The minimum Gasteiger partial charge on any atom is -0.479 e. The zero-order valence-corrected chi connectivity index (χ0v) is 7.36. The van der Waals surface area contributed by atoms with Crippen LogP contribution in [0, 0.1) is 0 Å². The van der Waals surface area contributed by atoms with Crippen LogP contribution in [0.4, 0.5) is 0 Å². The quantitative estimate of drug-likeness (QED) is 0.316. The summed E-state index contributed by atoms with van der Waals surface area (Å²) in [5.74, 6) is -1.81. The summed E-state index contributed by atoms with van der Waals surface area (Å²) in [7, 11) is 0. The molecule has 1 heterocycles. The van der Waals surface area contributed by atoms with Crippen LogP contribution < -0.4 is 0 Å². The predicted molar refractivity (Wildman–Crippen MR) is 41.2 cm³/mol. The largest absolute Gasteiger partial charge is 0.479 e. The van der Waals surface area contributed by atoms with Gasteiger partial charge >= 0.3 is 5.97 Å². The van der Waals surface area contributed by atoms with Gasteiger partial charge in [-0.05, 0) is 6.92 Å². The Morgan fingerprint density at radius 3 is 2.21 bits per heavy atom. The standard InChI is InChI=1S/C7H12O7/c1-2-3(8)7(13,6(11)12)4(9)5(10)14-2/h2-5,8-10,13H,1H3,(H,11,12)/t2-,3-,4+,5-,7+/m1/s1. The molecule has 82 valence electrons. The average Bonchev–Trinajstić information content (AvgIpc) is 2.11. The van der Waals surface area contributed by atoms with E-state index in [2.05, 4.69) is 4.74 Å². The second-order valence-electron chi connectivity index (χ2n) is 3.25. The summed E-state index contributed by atoms with van der Waals surface area (Å²) in [6.07, 6.45) is -6.83. The normalized spacial score (nSPS) is 48.9. The first-order chi connectivity index (χ1) is 6.31. The van der Waals surface area contributed by atoms with Crippen molar-refractivity contribution in [3.8, 4) is 0 Å². The second-order valence-corrected chi connectivity index (χ2v) is 3.25. The topological polar surface area (TPSA) is 127 Å². The molecular formula is C7H12O7. The molecule has 0 saturated carbocycles. The molecule has 5 N–H and O–H groups in total. The third kappa shape index (κ3) is 1.39. The number of carboxylic acids is 1. The van der Waals surface area contributed by atoms with Gasteiger partial charge < -0.3 is 30.3 Å². The number of hydrogen-bond donors (Lipinski definition) is 5. The van der Waals surface area contributed by atoms with Crippen molar-refractivity contribution >= 4 is 5.97 Å². The highest BCUT2D eigenvalue weighted by Gasteiger charge is 2.58. The molecule has 0 unspecified atom stereocenters. The number of aliphatic hydroxyl groups is 4. The third-order valence-corrected chi connectivity index (χ3v) is 2.31. The van der Waals surface area contributed by atoms with Gasteiger partial charge in [0, 0.05) is 0 Å². The summed E-state index contributed by atoms with van der Waals surface area (Å²) in [6.45, 7) is 1.27. The fourth-order valence-corrected chi connectivity index (χ4v) is 1.37. The lowest BCUT2D eigenvalue weighted by molar-refractivity contribution is -0.309. The first-order valence-corrected chi connectivity index (χ1v) is 3.97. The molecule has 1 aliphatic rings. The molecule has 1 rings (SSSR count). The number of carbonyl (C=O) groups is 1. The second kappa shape index (κ2) is 3.44. The van der Waals surface area contributed by atoms with Crippen LogP contribution in [0.3, 0.4) is 0 Å². The zero-order valence-electron chi connectivity index (χ0n) is 7.36. The summed E-state index contributed by atoms with van der Waals surface area (Å²) < 4.78 is 4.59. The molecule has 1 saturated heterocycles. The highest BCUT2D eigenvalue weighted by atomic mass is 16.6. The molecule has 0 aromatic heterocycles. The maximum absolute atomic E-state index is 10.7. The SMILES string of the molecule is C[C@H]1O[C@@H](O)[C@H](O)[C@](O)(C(=O)O)[C@@H]1O. The highest BCUT2D eigenvalue weighted by Crippen LogP contribution is 2.29. The molecule has 1 fully saturated rings. The minimum absolute atomic E-state index is 1.09. The fraction of sp³-hybridized carbons (Fsp3) is 0.857. The van der Waals surface area contributed by atoms with Crippen molar-refractivity contribution < 1.29 is 35.1 Å². The molecule has 0 amide bonds. The molecule has 0 radical (unpaired) electrons. The number of ether oxygens (including phenoxy) is 1. The zero-order chi connectivity index (χ0) is 11.1. The molecule has 0 aliphatic carbocycles. The molecule has 0 bridgehead atoms. The first-order valence-electron chi connectivity index (χ1n) is 3.97. The van der Waals surface area contributed by atoms with E-state index < -0.39 is 36.2 Å². The van der Waals surface area contributed by atoms with Crippen LogP contribution in [0.1, 0.15) is 6.92 Å². The van der Waals surface area contributed by atoms with Crippen LogP contribution in [0.5, 0.6) is 0 Å². The Balaban J connectivity index is 3.04. The van der Waals surface area contributed by atoms with Crippen LogP contribution in [-0.4, -0.2) is 61.7 Å². The van der Waals surface area contributed by atoms with E-state index >= 15 is 0 Å². The fourth-order valence-electron chi connectivity index (χ4n) is 1.37. The predicted octanol–water partition coefficient (Wildman–Crippen LogP) is -2.74. The number of hydrogen-bond acceptors (Lipinski definition) is 6. The first kappa shape index (κ1) is 11.3. The molecule has 14 heavy (non-hydrogen) atoms. The lowest BCUT2D eigenvalue weighted by Gasteiger charge is -2.42. The van der Waals surface area contributed by atoms with Crippen molar-refractivity contribution in [3.05, 3.63) is 0 Å². The Labute approximate surface area is 79.2 Å². The van der Waals surface area contributed by atoms with Crippen LogP contribution in [0.2, 0.25) is 0 Å². The summed E-state index contributed by atoms with van der Waals surface area (Å²) in [4.78, 5) is 10.7. The van der Waals surface area contributed by atoms with E-state index in [1.165, 1.54) is 6.92 Å². The molecule has 7 heteroatoms. The number of aliphatic hydroxyl groups excluding tert-OH is 3. The van der Waals surface area contributed by atoms with Gasteiger partial charge in [0.1, 0.15) is 12.2 Å². The maximum Gasteiger partial charge on any atom is 0.341 e. The average molecular weight is 208 g/mol. The molecule has 1 aliphatic heterocycles. The molecular weight excluding hydrogens is 196 g/mol. The monoisotopic (exact) mass is 208 g/mol. The van der Waals surface area contributed by atoms with Gasteiger partial charge in [-0.25, -0.2) is 4.79 Å². The Morgan fingerprint density at radius 1 is 1.29 bits per heavy atom. The molecule has 0 aromatic rings. The Kier molecular flexibility index (Phi) is 2.79. The van der Waals surface area contributed by atoms with Gasteiger partial charge in [-0.2, -0.15) is 0 Å². The van der Waals surface area contributed by atoms with Gasteiger partial charge in [0.05, 0.1) is 6.10 Å². The van der Waals surface area contributed by atoms with Crippen LogP contribution in [0.25, 0.3) is 0 Å². The van der Waals surface area contributed by atoms with Gasteiger partial charge in [-0.15, -0.1) is 0 Å². The lowest BCUT2D eigenvalue weighted by Crippen LogP contribution is -2.69. The van der Waals surface area contributed by atoms with Crippen molar-refractivity contribution in [1.29, 1.82) is 0 Å². The third-order valence-electron chi connectivity index (χ3n) is 2.31. The maximum atomic E-state index is 10.7. The molecule has 0 spiro atoms. The molecule has 5 atom stereocenters. The van der Waals surface area contributed by atoms with Gasteiger partial charge in [0.2, 0.25) is 5.60 Å². The van der Waals surface area contributed by atoms with Gasteiger partial charge in [-0.3, -0.25) is 0 Å². The van der Waals surface area contributed by atoms with Crippen molar-refractivity contribution in [1.82, 2.24) is 0 Å². The summed E-state index contributed by atoms with van der Waals surface area (Å²) in [6, 6.07) is 0. The van der Waals surface area contributed by atoms with Crippen LogP contribution in [0.15, 0.2) is 0 Å². The minimum atomic E-state index is -2.81. The molecule has 0 aromatic carbocycles. The van der Waals surface area contributed by atoms with E-state index in [-0.39, 0.29) is 0 Å². The van der Waals surface area contributed by atoms with E-state index in [1.54, 1.807) is 0 Å². The van der Waals surface area contributed by atoms with Gasteiger partial charge in [0.15, 0.2) is 6.29 Å². The van der Waals surface area contributed by atoms with Crippen molar-refractivity contribution in [2.45, 2.75) is 37.1 Å². The van der Waals surface area contributed by atoms with E-state index in [4.69, 9.17) is 10.2 Å². The van der Waals surface area contributed by atoms with Crippen LogP contribution >= 0.6 is 0 Å². The van der Waals surface area contributed by atoms with Crippen molar-refractivity contribution in [3.63, 3.8) is 0 Å². The van der Waals surface area contributed by atoms with Crippen LogP contribution in [-0.2, 0) is 9.53 Å². The van der Waals surface area contributed by atoms with Crippen molar-refractivity contribution in [2.24, 2.45) is 0 Å². The van der Waals surface area contributed by atoms with Crippen molar-refractivity contribution in [2.75, 3.05) is 0 Å². The smallest absolute Gasteiger partial charge is 0.341 e. The number of carboxylic acid groups (broad SMARTS) is 1. The summed E-state index contributed by atoms with van der Waals surface area (Å²) in [5.41, 5.74) is -2.81.